The Bertz CT molecular complexity index is 805. The number of nitrogens with zero attached hydrogens (tertiary/aromatic N) is 4. The van der Waals surface area contributed by atoms with Crippen molar-refractivity contribution in [3.63, 3.8) is 0 Å². The van der Waals surface area contributed by atoms with Crippen LogP contribution in [0.3, 0.4) is 0 Å². The van der Waals surface area contributed by atoms with Gasteiger partial charge in [0, 0.05) is 51.5 Å². The van der Waals surface area contributed by atoms with Crippen LogP contribution in [0, 0.1) is 0 Å². The highest BCUT2D eigenvalue weighted by atomic mass is 127. The Hall–Kier alpha value is -2.30. The molecule has 8 nitrogen and oxygen atoms in total. The van der Waals surface area contributed by atoms with Crippen molar-refractivity contribution in [1.29, 1.82) is 0 Å². The van der Waals surface area contributed by atoms with E-state index >= 15 is 0 Å². The zero-order chi connectivity index (χ0) is 19.2. The van der Waals surface area contributed by atoms with Crippen molar-refractivity contribution in [3.8, 4) is 0 Å². The number of hydrogen-bond acceptors (Lipinski definition) is 4. The van der Waals surface area contributed by atoms with Crippen LogP contribution in [0.2, 0.25) is 0 Å². The second-order valence-electron chi connectivity index (χ2n) is 6.59. The first-order valence-electron chi connectivity index (χ1n) is 8.97. The number of carbonyl (C=O) groups is 1. The number of methoxy groups -OCH3 is 1. The van der Waals surface area contributed by atoms with Crippen LogP contribution in [0.5, 0.6) is 0 Å². The molecule has 1 aliphatic rings. The Labute approximate surface area is 182 Å². The predicted molar refractivity (Wildman–Crippen MR) is 120 cm³/mol. The van der Waals surface area contributed by atoms with Crippen LogP contribution in [0.15, 0.2) is 41.7 Å². The summed E-state index contributed by atoms with van der Waals surface area (Å²) in [5.74, 6) is 1.39. The first-order valence-corrected chi connectivity index (χ1v) is 8.97. The molecule has 0 saturated carbocycles. The van der Waals surface area contributed by atoms with Crippen molar-refractivity contribution in [2.75, 3.05) is 32.6 Å². The molecule has 2 N–H and O–H groups in total. The van der Waals surface area contributed by atoms with Gasteiger partial charge < -0.3 is 15.0 Å². The topological polar surface area (TPSA) is 83.8 Å². The molecule has 1 amide bonds. The average molecular weight is 498 g/mol. The van der Waals surface area contributed by atoms with Crippen molar-refractivity contribution in [2.45, 2.75) is 18.9 Å². The standard InChI is InChI=1S/C19H26N6O2.HI/c1-20-18(25-9-8-15(13-25)16-11-22-24(2)12-16)21-10-14-4-6-17(7-5-14)23-19(26)27-3;/h4-7,11-12,15H,8-10,13H2,1-3H3,(H,20,21)(H,23,26);1H. The third-order valence-corrected chi connectivity index (χ3v) is 4.73. The maximum atomic E-state index is 11.2. The number of benzene rings is 1. The third kappa shape index (κ3) is 5.60. The Morgan fingerprint density at radius 3 is 2.71 bits per heavy atom. The maximum absolute atomic E-state index is 11.2. The fraction of sp³-hybridized carbons (Fsp3) is 0.421. The van der Waals surface area contributed by atoms with Gasteiger partial charge >= 0.3 is 6.09 Å². The van der Waals surface area contributed by atoms with Gasteiger partial charge in [-0.05, 0) is 29.7 Å². The van der Waals surface area contributed by atoms with Gasteiger partial charge in [-0.15, -0.1) is 24.0 Å². The lowest BCUT2D eigenvalue weighted by Crippen LogP contribution is -2.39. The Balaban J connectivity index is 0.00000280. The molecule has 1 saturated heterocycles. The van der Waals surface area contributed by atoms with E-state index in [0.717, 1.165) is 31.0 Å². The molecular formula is C19H27IN6O2. The quantitative estimate of drug-likeness (QED) is 0.385. The molecule has 0 aliphatic carbocycles. The van der Waals surface area contributed by atoms with Crippen LogP contribution in [-0.2, 0) is 18.3 Å². The number of guanidine groups is 1. The first-order chi connectivity index (χ1) is 13.1. The number of nitrogens with one attached hydrogen (secondary N) is 2. The smallest absolute Gasteiger partial charge is 0.411 e. The molecule has 2 heterocycles. The summed E-state index contributed by atoms with van der Waals surface area (Å²) in [6.45, 7) is 2.58. The highest BCUT2D eigenvalue weighted by molar-refractivity contribution is 14.0. The fourth-order valence-electron chi connectivity index (χ4n) is 3.26. The Morgan fingerprint density at radius 2 is 2.11 bits per heavy atom. The number of ether oxygens (including phenoxy) is 1. The van der Waals surface area contributed by atoms with Crippen molar-refractivity contribution < 1.29 is 9.53 Å². The van der Waals surface area contributed by atoms with Crippen LogP contribution in [0.4, 0.5) is 10.5 Å². The molecular weight excluding hydrogens is 471 g/mol. The number of amides is 1. The van der Waals surface area contributed by atoms with E-state index in [1.165, 1.54) is 12.7 Å². The maximum Gasteiger partial charge on any atom is 0.411 e. The van der Waals surface area contributed by atoms with E-state index in [1.807, 2.05) is 49.2 Å². The highest BCUT2D eigenvalue weighted by Crippen LogP contribution is 2.26. The van der Waals surface area contributed by atoms with E-state index < -0.39 is 6.09 Å². The van der Waals surface area contributed by atoms with E-state index in [4.69, 9.17) is 0 Å². The summed E-state index contributed by atoms with van der Waals surface area (Å²) in [6.07, 6.45) is 4.67. The second kappa shape index (κ2) is 10.3. The number of aliphatic imine (C=N–C) groups is 1. The summed E-state index contributed by atoms with van der Waals surface area (Å²) >= 11 is 0. The summed E-state index contributed by atoms with van der Waals surface area (Å²) < 4.78 is 6.44. The number of rotatable bonds is 4. The molecule has 3 rings (SSSR count). The summed E-state index contributed by atoms with van der Waals surface area (Å²) in [4.78, 5) is 17.9. The minimum absolute atomic E-state index is 0. The van der Waals surface area contributed by atoms with E-state index in [0.29, 0.717) is 18.2 Å². The predicted octanol–water partition coefficient (Wildman–Crippen LogP) is 2.78. The largest absolute Gasteiger partial charge is 0.453 e. The van der Waals surface area contributed by atoms with Crippen molar-refractivity contribution in [1.82, 2.24) is 20.0 Å². The lowest BCUT2D eigenvalue weighted by Gasteiger charge is -2.21. The number of aryl methyl sites for hydroxylation is 1. The lowest BCUT2D eigenvalue weighted by molar-refractivity contribution is 0.187. The molecule has 0 spiro atoms. The Kier molecular flexibility index (Phi) is 8.09. The second-order valence-corrected chi connectivity index (χ2v) is 6.59. The molecule has 1 aromatic carbocycles. The number of hydrogen-bond donors (Lipinski definition) is 2. The van der Waals surface area contributed by atoms with E-state index in [9.17, 15) is 4.79 Å². The molecule has 1 aromatic heterocycles. The molecule has 1 aliphatic heterocycles. The van der Waals surface area contributed by atoms with E-state index in [1.54, 1.807) is 0 Å². The SMILES string of the molecule is CN=C(NCc1ccc(NC(=O)OC)cc1)N1CCC(c2cnn(C)c2)C1.I. The average Bonchev–Trinajstić information content (AvgIpc) is 3.33. The van der Waals surface area contributed by atoms with Gasteiger partial charge in [-0.1, -0.05) is 12.1 Å². The minimum Gasteiger partial charge on any atom is -0.453 e. The number of likely N-dealkylation sites (tertiary alicyclic amines) is 1. The van der Waals surface area contributed by atoms with Crippen LogP contribution in [-0.4, -0.2) is 54.0 Å². The summed E-state index contributed by atoms with van der Waals surface area (Å²) in [7, 11) is 5.10. The van der Waals surface area contributed by atoms with E-state index in [2.05, 4.69) is 36.6 Å². The van der Waals surface area contributed by atoms with Crippen LogP contribution in [0.1, 0.15) is 23.5 Å². The van der Waals surface area contributed by atoms with Gasteiger partial charge in [0.25, 0.3) is 0 Å². The van der Waals surface area contributed by atoms with Crippen molar-refractivity contribution in [3.05, 3.63) is 47.8 Å². The van der Waals surface area contributed by atoms with Gasteiger partial charge in [-0.2, -0.15) is 5.10 Å². The molecule has 1 unspecified atom stereocenters. The van der Waals surface area contributed by atoms with Gasteiger partial charge in [0.05, 0.1) is 13.3 Å². The molecule has 0 radical (unpaired) electrons. The summed E-state index contributed by atoms with van der Waals surface area (Å²) in [5, 5.41) is 10.3. The van der Waals surface area contributed by atoms with Crippen LogP contribution < -0.4 is 10.6 Å². The third-order valence-electron chi connectivity index (χ3n) is 4.73. The van der Waals surface area contributed by atoms with Gasteiger partial charge in [0.2, 0.25) is 0 Å². The molecule has 1 atom stereocenters. The van der Waals surface area contributed by atoms with Gasteiger partial charge in [-0.3, -0.25) is 15.0 Å². The summed E-state index contributed by atoms with van der Waals surface area (Å²) in [5.41, 5.74) is 3.09. The minimum atomic E-state index is -0.474. The van der Waals surface area contributed by atoms with Crippen LogP contribution >= 0.6 is 24.0 Å². The number of halogens is 1. The molecule has 2 aromatic rings. The fourth-order valence-corrected chi connectivity index (χ4v) is 3.26. The highest BCUT2D eigenvalue weighted by Gasteiger charge is 2.26. The molecule has 9 heteroatoms. The normalized spacial score (nSPS) is 16.5. The van der Waals surface area contributed by atoms with Crippen molar-refractivity contribution in [2.24, 2.45) is 12.0 Å². The Morgan fingerprint density at radius 1 is 1.36 bits per heavy atom. The molecule has 1 fully saturated rings. The molecule has 0 bridgehead atoms. The molecule has 152 valence electrons. The van der Waals surface area contributed by atoms with Crippen molar-refractivity contribution >= 4 is 41.7 Å². The van der Waals surface area contributed by atoms with Gasteiger partial charge in [-0.25, -0.2) is 4.79 Å². The number of aromatic nitrogens is 2. The molecule has 28 heavy (non-hydrogen) atoms. The first kappa shape index (κ1) is 22.0. The number of carbonyl (C=O) groups excluding carboxylic acids is 1. The zero-order valence-electron chi connectivity index (χ0n) is 16.4. The van der Waals surface area contributed by atoms with Gasteiger partial charge in [0.15, 0.2) is 5.96 Å². The van der Waals surface area contributed by atoms with E-state index in [-0.39, 0.29) is 24.0 Å². The lowest BCUT2D eigenvalue weighted by atomic mass is 10.0. The van der Waals surface area contributed by atoms with Gasteiger partial charge in [0.1, 0.15) is 0 Å². The number of anilines is 1. The monoisotopic (exact) mass is 498 g/mol. The zero-order valence-corrected chi connectivity index (χ0v) is 18.7. The summed E-state index contributed by atoms with van der Waals surface area (Å²) in [6, 6.07) is 7.64. The van der Waals surface area contributed by atoms with Crippen LogP contribution in [0.25, 0.3) is 0 Å².